The lowest BCUT2D eigenvalue weighted by Crippen LogP contribution is -2.15. The van der Waals surface area contributed by atoms with Crippen LogP contribution < -0.4 is 0 Å². The molecular formula is C5H10O12S4. The summed E-state index contributed by atoms with van der Waals surface area (Å²) in [4.78, 5) is 0. The first-order chi connectivity index (χ1) is 9.07. The molecule has 126 valence electrons. The Bertz CT molecular complexity index is 727. The van der Waals surface area contributed by atoms with E-state index in [0.29, 0.717) is 0 Å². The molecule has 0 bridgehead atoms. The Kier molecular flexibility index (Phi) is 6.45. The maximum atomic E-state index is 10.6. The van der Waals surface area contributed by atoms with Crippen LogP contribution in [-0.2, 0) is 48.8 Å². The summed E-state index contributed by atoms with van der Waals surface area (Å²) in [5, 5.41) is -1.10. The molecule has 1 aliphatic heterocycles. The van der Waals surface area contributed by atoms with E-state index in [4.69, 9.17) is 9.11 Å². The van der Waals surface area contributed by atoms with Crippen molar-refractivity contribution in [3.63, 3.8) is 0 Å². The number of hydrogen-bond acceptors (Lipinski definition) is 10. The Balaban J connectivity index is 0.000000384. The van der Waals surface area contributed by atoms with Gasteiger partial charge in [0.1, 0.15) is 0 Å². The van der Waals surface area contributed by atoms with Crippen LogP contribution in [0.2, 0.25) is 0 Å². The van der Waals surface area contributed by atoms with Crippen LogP contribution in [0.1, 0.15) is 0 Å². The van der Waals surface area contributed by atoms with E-state index in [9.17, 15) is 33.7 Å². The van der Waals surface area contributed by atoms with Crippen molar-refractivity contribution in [2.24, 2.45) is 0 Å². The van der Waals surface area contributed by atoms with Gasteiger partial charge in [-0.25, -0.2) is 0 Å². The van der Waals surface area contributed by atoms with Gasteiger partial charge in [0, 0.05) is 0 Å². The summed E-state index contributed by atoms with van der Waals surface area (Å²) in [6.45, 7) is 1.92. The van der Waals surface area contributed by atoms with Crippen molar-refractivity contribution in [1.29, 1.82) is 0 Å². The summed E-state index contributed by atoms with van der Waals surface area (Å²) in [5.41, 5.74) is 0. The second-order valence-electron chi connectivity index (χ2n) is 3.20. The fourth-order valence-corrected chi connectivity index (χ4v) is 4.37. The highest BCUT2D eigenvalue weighted by Crippen LogP contribution is 2.07. The number of rotatable bonds is 2. The first kappa shape index (κ1) is 20.4. The number of hydrogen-bond donors (Lipinski definition) is 2. The summed E-state index contributed by atoms with van der Waals surface area (Å²) in [6, 6.07) is 0. The fourth-order valence-electron chi connectivity index (χ4n) is 0.700. The van der Waals surface area contributed by atoms with E-state index in [1.807, 2.05) is 0 Å². The molecule has 21 heavy (non-hydrogen) atoms. The Labute approximate surface area is 121 Å². The van der Waals surface area contributed by atoms with Crippen LogP contribution in [0.4, 0.5) is 0 Å². The molecule has 1 rings (SSSR count). The molecule has 0 spiro atoms. The molecule has 1 fully saturated rings. The third-order valence-electron chi connectivity index (χ3n) is 1.47. The second kappa shape index (κ2) is 6.65. The summed E-state index contributed by atoms with van der Waals surface area (Å²) >= 11 is 0. The average molecular weight is 390 g/mol. The van der Waals surface area contributed by atoms with E-state index < -0.39 is 49.8 Å². The Morgan fingerprint density at radius 2 is 1.14 bits per heavy atom. The van der Waals surface area contributed by atoms with Gasteiger partial charge in [-0.2, -0.15) is 33.7 Å². The van der Waals surface area contributed by atoms with Gasteiger partial charge < -0.3 is 0 Å². The molecule has 0 radical (unpaired) electrons. The normalized spacial score (nSPS) is 21.4. The minimum atomic E-state index is -4.89. The lowest BCUT2D eigenvalue weighted by molar-refractivity contribution is 0.237. The molecule has 0 atom stereocenters. The van der Waals surface area contributed by atoms with Crippen molar-refractivity contribution < 1.29 is 51.1 Å². The molecule has 0 aromatic carbocycles. The molecule has 0 aromatic heterocycles. The highest BCUT2D eigenvalue weighted by molar-refractivity contribution is 8.09. The van der Waals surface area contributed by atoms with Gasteiger partial charge in [-0.05, 0) is 0 Å². The largest absolute Gasteiger partial charge is 0.307 e. The van der Waals surface area contributed by atoms with Crippen LogP contribution in [0, 0.1) is 0 Å². The Hall–Kier alpha value is -0.620. The molecule has 0 aliphatic carbocycles. The van der Waals surface area contributed by atoms with Crippen LogP contribution in [0.15, 0.2) is 10.8 Å². The highest BCUT2D eigenvalue weighted by atomic mass is 32.3. The molecule has 0 aromatic rings. The van der Waals surface area contributed by atoms with Crippen LogP contribution in [0.3, 0.4) is 0 Å². The molecule has 1 saturated heterocycles. The SMILES string of the molecule is C=C(S(=O)(=O)O)S(=O)(=O)O.O=S1(=O)CS(=O)(=O)OCCO1. The summed E-state index contributed by atoms with van der Waals surface area (Å²) in [6.07, 6.45) is 0. The maximum Gasteiger partial charge on any atom is 0.307 e. The monoisotopic (exact) mass is 390 g/mol. The van der Waals surface area contributed by atoms with Gasteiger partial charge in [0.15, 0.2) is 0 Å². The lowest BCUT2D eigenvalue weighted by atomic mass is 10.8. The molecule has 16 heteroatoms. The zero-order valence-electron chi connectivity index (χ0n) is 9.94. The topological polar surface area (TPSA) is 195 Å². The Morgan fingerprint density at radius 1 is 0.857 bits per heavy atom. The zero-order chi connectivity index (χ0) is 17.1. The standard InChI is InChI=1S/C3H6O6S2.C2H4O6S2/c4-10(5)3-11(6,7)9-2-1-8-10;1-2(9(3,4)5)10(6,7)8/h1-3H2;1H2,(H,3,4,5)(H,6,7,8). The average Bonchev–Trinajstić information content (AvgIpc) is 2.32. The van der Waals surface area contributed by atoms with Gasteiger partial charge in [0.2, 0.25) is 9.32 Å². The van der Waals surface area contributed by atoms with Crippen molar-refractivity contribution in [3.8, 4) is 0 Å². The molecule has 1 aliphatic rings. The molecule has 1 heterocycles. The first-order valence-electron chi connectivity index (χ1n) is 4.45. The summed E-state index contributed by atoms with van der Waals surface area (Å²) in [5.74, 6) is 0. The zero-order valence-corrected chi connectivity index (χ0v) is 13.2. The summed E-state index contributed by atoms with van der Waals surface area (Å²) < 4.78 is 105. The van der Waals surface area contributed by atoms with Crippen LogP contribution in [0.5, 0.6) is 0 Å². The highest BCUT2D eigenvalue weighted by Gasteiger charge is 2.27. The van der Waals surface area contributed by atoms with E-state index in [0.717, 1.165) is 0 Å². The molecule has 0 saturated carbocycles. The fraction of sp³-hybridized carbons (Fsp3) is 0.600. The van der Waals surface area contributed by atoms with E-state index in [2.05, 4.69) is 14.9 Å². The quantitative estimate of drug-likeness (QED) is 0.385. The first-order valence-corrected chi connectivity index (χ1v) is 10.5. The van der Waals surface area contributed by atoms with E-state index in [1.54, 1.807) is 0 Å². The van der Waals surface area contributed by atoms with Gasteiger partial charge >= 0.3 is 20.2 Å². The minimum absolute atomic E-state index is 0.248. The van der Waals surface area contributed by atoms with Crippen molar-refractivity contribution in [1.82, 2.24) is 0 Å². The van der Waals surface area contributed by atoms with E-state index >= 15 is 0 Å². The van der Waals surface area contributed by atoms with E-state index in [-0.39, 0.29) is 13.2 Å². The van der Waals surface area contributed by atoms with Crippen molar-refractivity contribution in [3.05, 3.63) is 10.8 Å². The molecule has 0 unspecified atom stereocenters. The van der Waals surface area contributed by atoms with Crippen LogP contribution in [-0.4, -0.2) is 61.1 Å². The molecular weight excluding hydrogens is 380 g/mol. The Morgan fingerprint density at radius 3 is 1.33 bits per heavy atom. The molecule has 12 nitrogen and oxygen atoms in total. The smallest absolute Gasteiger partial charge is 0.281 e. The van der Waals surface area contributed by atoms with Gasteiger partial charge in [-0.1, -0.05) is 6.58 Å². The summed E-state index contributed by atoms with van der Waals surface area (Å²) in [7, 11) is -17.7. The van der Waals surface area contributed by atoms with Crippen LogP contribution in [0.25, 0.3) is 0 Å². The molecule has 0 amide bonds. The third-order valence-corrected chi connectivity index (χ3v) is 7.25. The maximum absolute atomic E-state index is 10.6. The minimum Gasteiger partial charge on any atom is -0.281 e. The van der Waals surface area contributed by atoms with Gasteiger partial charge in [0.05, 0.1) is 13.2 Å². The predicted octanol–water partition coefficient (Wildman–Crippen LogP) is -2.12. The predicted molar refractivity (Wildman–Crippen MR) is 66.8 cm³/mol. The van der Waals surface area contributed by atoms with Crippen molar-refractivity contribution in [2.45, 2.75) is 0 Å². The molecule has 2 N–H and O–H groups in total. The van der Waals surface area contributed by atoms with Gasteiger partial charge in [-0.15, -0.1) is 0 Å². The van der Waals surface area contributed by atoms with Gasteiger partial charge in [0.25, 0.3) is 20.2 Å². The van der Waals surface area contributed by atoms with Crippen molar-refractivity contribution >= 4 is 40.5 Å². The third kappa shape index (κ3) is 8.41. The lowest BCUT2D eigenvalue weighted by Gasteiger charge is -1.95. The second-order valence-corrected chi connectivity index (χ2v) is 9.99. The van der Waals surface area contributed by atoms with Crippen LogP contribution >= 0.6 is 0 Å². The van der Waals surface area contributed by atoms with E-state index in [1.165, 1.54) is 0 Å². The van der Waals surface area contributed by atoms with Crippen molar-refractivity contribution in [2.75, 3.05) is 18.3 Å². The van der Waals surface area contributed by atoms with Gasteiger partial charge in [-0.3, -0.25) is 17.5 Å².